The van der Waals surface area contributed by atoms with E-state index < -0.39 is 18.9 Å². The smallest absolute Gasteiger partial charge is 0.422 e. The van der Waals surface area contributed by atoms with E-state index >= 15 is 0 Å². The van der Waals surface area contributed by atoms with Crippen LogP contribution < -0.4 is 5.32 Å². The van der Waals surface area contributed by atoms with Crippen LogP contribution in [0.1, 0.15) is 32.2 Å². The number of pyridine rings is 1. The van der Waals surface area contributed by atoms with E-state index in [-0.39, 0.29) is 10.7 Å². The molecular weight excluding hydrogens is 517 g/mol. The molecule has 0 saturated heterocycles. The number of amides is 1. The van der Waals surface area contributed by atoms with E-state index in [1.807, 2.05) is 24.3 Å². The largest absolute Gasteiger partial charge is 0.440 e. The van der Waals surface area contributed by atoms with Crippen molar-refractivity contribution in [2.24, 2.45) is 0 Å². The van der Waals surface area contributed by atoms with Gasteiger partial charge in [-0.3, -0.25) is 10.3 Å². The monoisotopic (exact) mass is 540 g/mol. The SMILES string of the molecule is CC#N.O=C(Nc1ccc(-c2cc3ccc(-c4ccccn4)cc3n2C2CCC2)cc1Cl)OCC(F)(F)F. The highest BCUT2D eigenvalue weighted by Crippen LogP contribution is 2.41. The highest BCUT2D eigenvalue weighted by molar-refractivity contribution is 6.34. The molecular formula is C28H24ClF3N4O2. The van der Waals surface area contributed by atoms with Crippen molar-refractivity contribution in [3.8, 4) is 28.6 Å². The number of hydrogen-bond donors (Lipinski definition) is 1. The van der Waals surface area contributed by atoms with Crippen molar-refractivity contribution in [2.75, 3.05) is 11.9 Å². The number of rotatable bonds is 5. The zero-order valence-electron chi connectivity index (χ0n) is 20.4. The zero-order chi connectivity index (χ0) is 27.3. The standard InChI is InChI=1S/C26H21ClF3N3O2.C2H3N/c27-20-12-17(9-10-22(20)32-25(34)35-15-26(28,29)30)24-14-18-8-7-16(21-6-1-2-11-31-21)13-23(18)33(24)19-4-3-5-19;1-2-3/h1-2,6-14,19H,3-5,15H2,(H,32,34);1H3. The van der Waals surface area contributed by atoms with Crippen LogP contribution in [0, 0.1) is 11.3 Å². The molecule has 4 aromatic rings. The second-order valence-electron chi connectivity index (χ2n) is 8.71. The maximum atomic E-state index is 12.3. The molecule has 0 atom stereocenters. The molecule has 0 unspecified atom stereocenters. The predicted molar refractivity (Wildman–Crippen MR) is 141 cm³/mol. The minimum absolute atomic E-state index is 0.173. The number of halogens is 4. The van der Waals surface area contributed by atoms with Gasteiger partial charge in [-0.1, -0.05) is 35.9 Å². The molecule has 1 aliphatic rings. The van der Waals surface area contributed by atoms with Gasteiger partial charge in [-0.15, -0.1) is 0 Å². The van der Waals surface area contributed by atoms with E-state index in [4.69, 9.17) is 16.9 Å². The zero-order valence-corrected chi connectivity index (χ0v) is 21.2. The fraction of sp³-hybridized carbons (Fsp3) is 0.250. The maximum absolute atomic E-state index is 12.3. The van der Waals surface area contributed by atoms with Crippen LogP contribution in [0.2, 0.25) is 5.02 Å². The summed E-state index contributed by atoms with van der Waals surface area (Å²) in [5.41, 5.74) is 5.02. The first-order chi connectivity index (χ1) is 18.2. The average molecular weight is 541 g/mol. The van der Waals surface area contributed by atoms with Gasteiger partial charge in [0.25, 0.3) is 0 Å². The molecule has 6 nitrogen and oxygen atoms in total. The number of benzene rings is 2. The van der Waals surface area contributed by atoms with Crippen molar-refractivity contribution in [3.63, 3.8) is 0 Å². The molecule has 0 spiro atoms. The van der Waals surface area contributed by atoms with Crippen molar-refractivity contribution in [1.82, 2.24) is 9.55 Å². The van der Waals surface area contributed by atoms with Crippen molar-refractivity contribution in [1.29, 1.82) is 5.26 Å². The number of carbonyl (C=O) groups excluding carboxylic acids is 1. The molecule has 1 fully saturated rings. The quantitative estimate of drug-likeness (QED) is 0.275. The number of hydrogen-bond acceptors (Lipinski definition) is 4. The summed E-state index contributed by atoms with van der Waals surface area (Å²) in [5.74, 6) is 0. The third-order valence-corrected chi connectivity index (χ3v) is 6.42. The maximum Gasteiger partial charge on any atom is 0.422 e. The number of carbonyl (C=O) groups is 1. The second-order valence-corrected chi connectivity index (χ2v) is 9.11. The van der Waals surface area contributed by atoms with Gasteiger partial charge in [0.2, 0.25) is 0 Å². The topological polar surface area (TPSA) is 79.9 Å². The van der Waals surface area contributed by atoms with Crippen LogP contribution in [0.4, 0.5) is 23.7 Å². The Labute approximate surface area is 222 Å². The van der Waals surface area contributed by atoms with Crippen molar-refractivity contribution in [3.05, 3.63) is 71.9 Å². The van der Waals surface area contributed by atoms with Gasteiger partial charge in [-0.2, -0.15) is 18.4 Å². The summed E-state index contributed by atoms with van der Waals surface area (Å²) in [7, 11) is 0. The summed E-state index contributed by atoms with van der Waals surface area (Å²) < 4.78 is 43.4. The Morgan fingerprint density at radius 3 is 2.50 bits per heavy atom. The highest BCUT2D eigenvalue weighted by Gasteiger charge is 2.30. The van der Waals surface area contributed by atoms with Gasteiger partial charge in [0.1, 0.15) is 0 Å². The number of aromatic nitrogens is 2. The Bertz CT molecular complexity index is 1480. The third-order valence-electron chi connectivity index (χ3n) is 6.11. The molecule has 38 heavy (non-hydrogen) atoms. The molecule has 0 aliphatic heterocycles. The van der Waals surface area contributed by atoms with Gasteiger partial charge < -0.3 is 9.30 Å². The summed E-state index contributed by atoms with van der Waals surface area (Å²) in [4.78, 5) is 16.2. The van der Waals surface area contributed by atoms with Crippen LogP contribution in [-0.2, 0) is 4.74 Å². The summed E-state index contributed by atoms with van der Waals surface area (Å²) in [6.07, 6.45) is -0.745. The van der Waals surface area contributed by atoms with E-state index in [0.717, 1.165) is 52.7 Å². The van der Waals surface area contributed by atoms with Crippen LogP contribution in [0.3, 0.4) is 0 Å². The molecule has 2 aromatic heterocycles. The van der Waals surface area contributed by atoms with E-state index in [9.17, 15) is 18.0 Å². The van der Waals surface area contributed by atoms with Gasteiger partial charge in [-0.25, -0.2) is 4.79 Å². The lowest BCUT2D eigenvalue weighted by Crippen LogP contribution is -2.23. The van der Waals surface area contributed by atoms with Crippen LogP contribution >= 0.6 is 11.6 Å². The van der Waals surface area contributed by atoms with Crippen LogP contribution in [0.25, 0.3) is 33.4 Å². The van der Waals surface area contributed by atoms with E-state index in [1.54, 1.807) is 30.5 Å². The average Bonchev–Trinajstić information content (AvgIpc) is 3.22. The Morgan fingerprint density at radius 1 is 1.16 bits per heavy atom. The van der Waals surface area contributed by atoms with Gasteiger partial charge in [0.15, 0.2) is 6.61 Å². The number of alkyl halides is 3. The van der Waals surface area contributed by atoms with E-state index in [2.05, 4.69) is 37.8 Å². The van der Waals surface area contributed by atoms with E-state index in [1.165, 1.54) is 6.92 Å². The number of ether oxygens (including phenoxy) is 1. The van der Waals surface area contributed by atoms with Crippen molar-refractivity contribution < 1.29 is 22.7 Å². The molecule has 10 heteroatoms. The van der Waals surface area contributed by atoms with Gasteiger partial charge in [0, 0.05) is 41.3 Å². The molecule has 1 saturated carbocycles. The molecule has 196 valence electrons. The summed E-state index contributed by atoms with van der Waals surface area (Å²) >= 11 is 6.39. The molecule has 0 bridgehead atoms. The molecule has 5 rings (SSSR count). The molecule has 1 aliphatic carbocycles. The van der Waals surface area contributed by atoms with Crippen LogP contribution in [0.5, 0.6) is 0 Å². The normalized spacial score (nSPS) is 13.2. The molecule has 1 amide bonds. The summed E-state index contributed by atoms with van der Waals surface area (Å²) in [6, 6.07) is 21.3. The minimum atomic E-state index is -4.60. The third kappa shape index (κ3) is 6.26. The number of nitrogens with zero attached hydrogens (tertiary/aromatic N) is 3. The Morgan fingerprint density at radius 2 is 1.89 bits per heavy atom. The first-order valence-corrected chi connectivity index (χ1v) is 12.3. The highest BCUT2D eigenvalue weighted by atomic mass is 35.5. The number of nitrogens with one attached hydrogen (secondary N) is 1. The molecule has 2 heterocycles. The second kappa shape index (κ2) is 11.6. The lowest BCUT2D eigenvalue weighted by atomic mass is 9.92. The fourth-order valence-electron chi connectivity index (χ4n) is 4.24. The van der Waals surface area contributed by atoms with Gasteiger partial charge >= 0.3 is 12.3 Å². The Hall–Kier alpha value is -4.03. The van der Waals surface area contributed by atoms with Crippen LogP contribution in [-0.4, -0.2) is 28.4 Å². The first kappa shape index (κ1) is 27.0. The predicted octanol–water partition coefficient (Wildman–Crippen LogP) is 8.39. The summed E-state index contributed by atoms with van der Waals surface area (Å²) in [5, 5.41) is 10.9. The van der Waals surface area contributed by atoms with Gasteiger partial charge in [-0.05, 0) is 61.2 Å². The van der Waals surface area contributed by atoms with Crippen molar-refractivity contribution in [2.45, 2.75) is 38.4 Å². The van der Waals surface area contributed by atoms with E-state index in [0.29, 0.717) is 6.04 Å². The molecule has 0 radical (unpaired) electrons. The number of nitriles is 1. The molecule has 2 aromatic carbocycles. The van der Waals surface area contributed by atoms with Crippen LogP contribution in [0.15, 0.2) is 66.9 Å². The Balaban J connectivity index is 0.00000107. The van der Waals surface area contributed by atoms with Gasteiger partial charge in [0.05, 0.1) is 22.5 Å². The molecule has 1 N–H and O–H groups in total. The summed E-state index contributed by atoms with van der Waals surface area (Å²) in [6.45, 7) is -0.240. The van der Waals surface area contributed by atoms with Crippen molar-refractivity contribution >= 4 is 34.3 Å². The first-order valence-electron chi connectivity index (χ1n) is 11.9. The minimum Gasteiger partial charge on any atom is -0.440 e. The lowest BCUT2D eigenvalue weighted by molar-refractivity contribution is -0.159. The lowest BCUT2D eigenvalue weighted by Gasteiger charge is -2.30. The Kier molecular flexibility index (Phi) is 8.23. The fourth-order valence-corrected chi connectivity index (χ4v) is 4.47. The number of anilines is 1. The number of fused-ring (bicyclic) bond motifs is 1.